The number of aliphatic hydroxyl groups excluding tert-OH is 1. The Labute approximate surface area is 109 Å². The predicted octanol–water partition coefficient (Wildman–Crippen LogP) is 2.65. The number of benzene rings is 1. The molecule has 5 heteroatoms. The Balaban J connectivity index is 2.25. The maximum absolute atomic E-state index is 11.3. The van der Waals surface area contributed by atoms with E-state index in [1.54, 1.807) is 12.1 Å². The molecular weight excluding hydrogens is 340 g/mol. The van der Waals surface area contributed by atoms with E-state index in [0.29, 0.717) is 14.5 Å². The van der Waals surface area contributed by atoms with Crippen molar-refractivity contribution in [2.75, 3.05) is 0 Å². The van der Waals surface area contributed by atoms with Crippen LogP contribution in [0.3, 0.4) is 0 Å². The van der Waals surface area contributed by atoms with Gasteiger partial charge in [-0.15, -0.1) is 0 Å². The number of carbonyl (C=O) groups is 1. The van der Waals surface area contributed by atoms with Gasteiger partial charge in [0.25, 0.3) is 0 Å². The van der Waals surface area contributed by atoms with Crippen molar-refractivity contribution in [2.24, 2.45) is 0 Å². The summed E-state index contributed by atoms with van der Waals surface area (Å²) in [4.78, 5) is 11.3. The molecule has 2 atom stereocenters. The Kier molecular flexibility index (Phi) is 3.47. The maximum Gasteiger partial charge on any atom is 0.346 e. The van der Waals surface area contributed by atoms with Gasteiger partial charge >= 0.3 is 5.97 Å². The first-order valence-electron chi connectivity index (χ1n) is 4.60. The van der Waals surface area contributed by atoms with Gasteiger partial charge in [-0.25, -0.2) is 4.79 Å². The SMILES string of the molecule is O=C1O[C@H]([C@@H](O)c2ccccc2)C(Br)=C1Br. The van der Waals surface area contributed by atoms with Crippen molar-refractivity contribution in [1.82, 2.24) is 0 Å². The van der Waals surface area contributed by atoms with E-state index < -0.39 is 18.2 Å². The van der Waals surface area contributed by atoms with Crippen LogP contribution in [0.4, 0.5) is 0 Å². The molecule has 0 radical (unpaired) electrons. The number of hydrogen-bond donors (Lipinski definition) is 1. The van der Waals surface area contributed by atoms with Crippen LogP contribution in [0.2, 0.25) is 0 Å². The topological polar surface area (TPSA) is 46.5 Å². The first-order valence-corrected chi connectivity index (χ1v) is 6.19. The second-order valence-corrected chi connectivity index (χ2v) is 4.99. The van der Waals surface area contributed by atoms with E-state index in [1.807, 2.05) is 18.2 Å². The minimum Gasteiger partial charge on any atom is -0.450 e. The van der Waals surface area contributed by atoms with E-state index in [4.69, 9.17) is 4.74 Å². The number of cyclic esters (lactones) is 1. The number of rotatable bonds is 2. The molecule has 0 aromatic heterocycles. The zero-order valence-corrected chi connectivity index (χ0v) is 11.2. The van der Waals surface area contributed by atoms with Crippen LogP contribution in [0.1, 0.15) is 11.7 Å². The summed E-state index contributed by atoms with van der Waals surface area (Å²) in [6, 6.07) is 9.07. The molecule has 2 rings (SSSR count). The highest BCUT2D eigenvalue weighted by Gasteiger charge is 2.36. The molecule has 0 fully saturated rings. The smallest absolute Gasteiger partial charge is 0.346 e. The monoisotopic (exact) mass is 346 g/mol. The summed E-state index contributed by atoms with van der Waals surface area (Å²) in [7, 11) is 0. The minimum atomic E-state index is -0.866. The van der Waals surface area contributed by atoms with Crippen LogP contribution in [0.5, 0.6) is 0 Å². The van der Waals surface area contributed by atoms with Gasteiger partial charge in [0.15, 0.2) is 6.10 Å². The normalized spacial score (nSPS) is 22.2. The standard InChI is InChI=1S/C11H8Br2O3/c12-7-8(13)11(15)16-10(7)9(14)6-4-2-1-3-5-6/h1-5,9-10,14H/t9-,10-/m0/s1. The molecule has 16 heavy (non-hydrogen) atoms. The Morgan fingerprint density at radius 3 is 2.38 bits per heavy atom. The van der Waals surface area contributed by atoms with E-state index in [0.717, 1.165) is 0 Å². The van der Waals surface area contributed by atoms with Gasteiger partial charge in [-0.05, 0) is 37.4 Å². The average molecular weight is 348 g/mol. The highest BCUT2D eigenvalue weighted by atomic mass is 79.9. The van der Waals surface area contributed by atoms with Gasteiger partial charge in [-0.2, -0.15) is 0 Å². The van der Waals surface area contributed by atoms with Crippen LogP contribution >= 0.6 is 31.9 Å². The van der Waals surface area contributed by atoms with E-state index in [2.05, 4.69) is 31.9 Å². The number of hydrogen-bond acceptors (Lipinski definition) is 3. The Morgan fingerprint density at radius 2 is 1.88 bits per heavy atom. The summed E-state index contributed by atoms with van der Waals surface area (Å²) >= 11 is 6.33. The highest BCUT2D eigenvalue weighted by molar-refractivity contribution is 9.14. The maximum atomic E-state index is 11.3. The van der Waals surface area contributed by atoms with Crippen molar-refractivity contribution >= 4 is 37.8 Å². The van der Waals surface area contributed by atoms with E-state index >= 15 is 0 Å². The first-order chi connectivity index (χ1) is 7.61. The molecule has 1 aromatic rings. The Bertz CT molecular complexity index is 442. The third-order valence-electron chi connectivity index (χ3n) is 2.30. The molecule has 1 aromatic carbocycles. The molecule has 1 heterocycles. The molecule has 0 aliphatic carbocycles. The van der Waals surface area contributed by atoms with Crippen molar-refractivity contribution in [1.29, 1.82) is 0 Å². The molecule has 84 valence electrons. The van der Waals surface area contributed by atoms with Gasteiger partial charge in [0.2, 0.25) is 0 Å². The Hall–Kier alpha value is -0.650. The van der Waals surface area contributed by atoms with Crippen LogP contribution in [-0.4, -0.2) is 17.2 Å². The molecule has 1 aliphatic heterocycles. The molecule has 1 N–H and O–H groups in total. The number of aliphatic hydroxyl groups is 1. The van der Waals surface area contributed by atoms with E-state index in [9.17, 15) is 9.90 Å². The van der Waals surface area contributed by atoms with Gasteiger partial charge in [0.1, 0.15) is 10.6 Å². The number of esters is 1. The molecule has 0 amide bonds. The first kappa shape index (κ1) is 11.8. The van der Waals surface area contributed by atoms with Crippen LogP contribution < -0.4 is 0 Å². The second-order valence-electron chi connectivity index (χ2n) is 3.34. The molecule has 0 unspecified atom stereocenters. The number of ether oxygens (including phenoxy) is 1. The van der Waals surface area contributed by atoms with Crippen molar-refractivity contribution in [3.63, 3.8) is 0 Å². The van der Waals surface area contributed by atoms with Crippen LogP contribution in [0, 0.1) is 0 Å². The zero-order valence-electron chi connectivity index (χ0n) is 8.06. The quantitative estimate of drug-likeness (QED) is 0.836. The molecule has 0 saturated heterocycles. The van der Waals surface area contributed by atoms with Crippen molar-refractivity contribution in [3.05, 3.63) is 44.9 Å². The summed E-state index contributed by atoms with van der Waals surface area (Å²) in [5, 5.41) is 10.1. The van der Waals surface area contributed by atoms with Crippen molar-refractivity contribution in [3.8, 4) is 0 Å². The van der Waals surface area contributed by atoms with Crippen molar-refractivity contribution in [2.45, 2.75) is 12.2 Å². The lowest BCUT2D eigenvalue weighted by molar-refractivity contribution is -0.143. The summed E-state index contributed by atoms with van der Waals surface area (Å²) in [5.74, 6) is -0.466. The largest absolute Gasteiger partial charge is 0.450 e. The van der Waals surface area contributed by atoms with Gasteiger partial charge in [-0.3, -0.25) is 0 Å². The lowest BCUT2D eigenvalue weighted by Crippen LogP contribution is -2.20. The lowest BCUT2D eigenvalue weighted by Gasteiger charge is -2.18. The highest BCUT2D eigenvalue weighted by Crippen LogP contribution is 2.37. The lowest BCUT2D eigenvalue weighted by atomic mass is 10.0. The summed E-state index contributed by atoms with van der Waals surface area (Å²) in [6.07, 6.45) is -1.54. The summed E-state index contributed by atoms with van der Waals surface area (Å²) in [6.45, 7) is 0. The van der Waals surface area contributed by atoms with Crippen molar-refractivity contribution < 1.29 is 14.6 Å². The molecule has 1 aliphatic rings. The zero-order chi connectivity index (χ0) is 11.7. The summed E-state index contributed by atoms with van der Waals surface area (Å²) in [5.41, 5.74) is 0.708. The average Bonchev–Trinajstić information content (AvgIpc) is 2.57. The van der Waals surface area contributed by atoms with Gasteiger partial charge < -0.3 is 9.84 Å². The fourth-order valence-corrected chi connectivity index (χ4v) is 2.29. The molecule has 0 bridgehead atoms. The summed E-state index contributed by atoms with van der Waals surface area (Å²) < 4.78 is 5.91. The van der Waals surface area contributed by atoms with Gasteiger partial charge in [0.05, 0.1) is 4.48 Å². The number of carbonyl (C=O) groups excluding carboxylic acids is 1. The molecule has 0 spiro atoms. The van der Waals surface area contributed by atoms with Crippen LogP contribution in [-0.2, 0) is 9.53 Å². The second kappa shape index (κ2) is 4.69. The number of halogens is 2. The molecule has 3 nitrogen and oxygen atoms in total. The van der Waals surface area contributed by atoms with Crippen LogP contribution in [0.25, 0.3) is 0 Å². The fourth-order valence-electron chi connectivity index (χ4n) is 1.47. The van der Waals surface area contributed by atoms with E-state index in [1.165, 1.54) is 0 Å². The Morgan fingerprint density at radius 1 is 1.25 bits per heavy atom. The van der Waals surface area contributed by atoms with Crippen LogP contribution in [0.15, 0.2) is 39.3 Å². The minimum absolute atomic E-state index is 0.326. The molecule has 0 saturated carbocycles. The fraction of sp³-hybridized carbons (Fsp3) is 0.182. The third kappa shape index (κ3) is 2.07. The third-order valence-corrected chi connectivity index (χ3v) is 4.43. The van der Waals surface area contributed by atoms with Gasteiger partial charge in [-0.1, -0.05) is 30.3 Å². The van der Waals surface area contributed by atoms with Gasteiger partial charge in [0, 0.05) is 0 Å². The van der Waals surface area contributed by atoms with E-state index in [-0.39, 0.29) is 0 Å². The predicted molar refractivity (Wildman–Crippen MR) is 66.2 cm³/mol. The molecular formula is C11H8Br2O3.